The minimum Gasteiger partial charge on any atom is -0.489 e. The topological polar surface area (TPSA) is 29.5 Å². The molecule has 5 heteroatoms. The summed E-state index contributed by atoms with van der Waals surface area (Å²) >= 11 is 0. The first-order valence-electron chi connectivity index (χ1n) is 12.4. The van der Waals surface area contributed by atoms with Gasteiger partial charge in [0.05, 0.1) is 11.7 Å². The Morgan fingerprint density at radius 3 is 2.10 bits per heavy atom. The first-order chi connectivity index (χ1) is 14.9. The van der Waals surface area contributed by atoms with Gasteiger partial charge in [-0.3, -0.25) is 0 Å². The number of rotatable bonds is 5. The van der Waals surface area contributed by atoms with Gasteiger partial charge in [0.15, 0.2) is 0 Å². The number of aliphatic hydroxyl groups is 1. The van der Waals surface area contributed by atoms with Crippen LogP contribution in [0.1, 0.15) is 107 Å². The van der Waals surface area contributed by atoms with Gasteiger partial charge in [0.25, 0.3) is 6.43 Å². The lowest BCUT2D eigenvalue weighted by atomic mass is 9.68. The molecule has 1 aromatic rings. The fourth-order valence-corrected chi connectivity index (χ4v) is 6.46. The second kappa shape index (κ2) is 9.72. The highest BCUT2D eigenvalue weighted by Gasteiger charge is 2.37. The number of ether oxygens (including phenoxy) is 1. The van der Waals surface area contributed by atoms with Crippen LogP contribution in [0.15, 0.2) is 6.07 Å². The predicted molar refractivity (Wildman–Crippen MR) is 116 cm³/mol. The molecule has 2 aliphatic carbocycles. The highest BCUT2D eigenvalue weighted by Crippen LogP contribution is 2.46. The van der Waals surface area contributed by atoms with Crippen molar-refractivity contribution in [3.05, 3.63) is 28.6 Å². The van der Waals surface area contributed by atoms with Crippen LogP contribution in [-0.4, -0.2) is 11.2 Å². The third-order valence-corrected chi connectivity index (χ3v) is 8.47. The Kier molecular flexibility index (Phi) is 7.20. The molecule has 1 N–H and O–H groups in total. The monoisotopic (exact) mass is 438 g/mol. The first-order valence-corrected chi connectivity index (χ1v) is 12.4. The molecule has 0 spiro atoms. The lowest BCUT2D eigenvalue weighted by Crippen LogP contribution is -2.35. The quantitative estimate of drug-likeness (QED) is 0.515. The van der Waals surface area contributed by atoms with E-state index in [1.807, 2.05) is 0 Å². The third kappa shape index (κ3) is 4.77. The lowest BCUT2D eigenvalue weighted by molar-refractivity contribution is 0.0538. The van der Waals surface area contributed by atoms with Crippen molar-refractivity contribution < 1.29 is 23.0 Å². The van der Waals surface area contributed by atoms with Gasteiger partial charge in [0.2, 0.25) is 0 Å². The van der Waals surface area contributed by atoms with Crippen LogP contribution in [-0.2, 0) is 6.42 Å². The molecule has 2 unspecified atom stereocenters. The van der Waals surface area contributed by atoms with Gasteiger partial charge in [-0.15, -0.1) is 0 Å². The minimum atomic E-state index is -2.96. The molecule has 3 aliphatic rings. The van der Waals surface area contributed by atoms with Crippen molar-refractivity contribution in [3.63, 3.8) is 0 Å². The summed E-state index contributed by atoms with van der Waals surface area (Å²) in [5.41, 5.74) is -0.126. The summed E-state index contributed by atoms with van der Waals surface area (Å²) in [7, 11) is 0. The number of aliphatic hydroxyl groups excluding tert-OH is 1. The molecular weight excluding hydrogens is 401 g/mol. The van der Waals surface area contributed by atoms with Gasteiger partial charge < -0.3 is 9.84 Å². The van der Waals surface area contributed by atoms with E-state index < -0.39 is 23.9 Å². The largest absolute Gasteiger partial charge is 0.489 e. The van der Waals surface area contributed by atoms with E-state index >= 15 is 0 Å². The molecule has 2 saturated carbocycles. The highest BCUT2D eigenvalue weighted by atomic mass is 19.3. The maximum absolute atomic E-state index is 14.7. The van der Waals surface area contributed by atoms with Gasteiger partial charge in [0, 0.05) is 5.56 Å². The molecule has 2 fully saturated rings. The summed E-state index contributed by atoms with van der Waals surface area (Å²) in [6.07, 6.45) is 8.53. The number of hydrogen-bond acceptors (Lipinski definition) is 2. The number of halogens is 3. The molecule has 1 aromatic carbocycles. The molecule has 0 radical (unpaired) electrons. The SMILES string of the molecule is CCC1CCC(C2CCC(C3CCc4cc(C(C)O)c(F)c(C(F)F)c4O3)CC2)CC1. The Hall–Kier alpha value is -1.23. The number of fused-ring (bicyclic) bond motifs is 1. The maximum Gasteiger partial charge on any atom is 0.270 e. The molecule has 31 heavy (non-hydrogen) atoms. The Bertz CT molecular complexity index is 748. The summed E-state index contributed by atoms with van der Waals surface area (Å²) in [6.45, 7) is 3.70. The van der Waals surface area contributed by atoms with Gasteiger partial charge in [-0.05, 0) is 93.6 Å². The zero-order valence-electron chi connectivity index (χ0n) is 18.9. The van der Waals surface area contributed by atoms with E-state index in [0.29, 0.717) is 17.9 Å². The van der Waals surface area contributed by atoms with E-state index in [4.69, 9.17) is 4.74 Å². The molecular formula is C26H37F3O2. The van der Waals surface area contributed by atoms with Crippen molar-refractivity contribution in [1.82, 2.24) is 0 Å². The van der Waals surface area contributed by atoms with E-state index in [1.165, 1.54) is 57.9 Å². The molecule has 174 valence electrons. The van der Waals surface area contributed by atoms with Crippen LogP contribution >= 0.6 is 0 Å². The van der Waals surface area contributed by atoms with Gasteiger partial charge in [-0.2, -0.15) is 0 Å². The first kappa shape index (κ1) is 22.9. The number of benzene rings is 1. The van der Waals surface area contributed by atoms with Crippen LogP contribution in [0.5, 0.6) is 5.75 Å². The van der Waals surface area contributed by atoms with Crippen LogP contribution in [0.2, 0.25) is 0 Å². The molecule has 2 nitrogen and oxygen atoms in total. The molecule has 0 aromatic heterocycles. The predicted octanol–water partition coefficient (Wildman–Crippen LogP) is 7.53. The average molecular weight is 439 g/mol. The fraction of sp³-hybridized carbons (Fsp3) is 0.769. The van der Waals surface area contributed by atoms with Crippen molar-refractivity contribution in [2.45, 2.75) is 103 Å². The van der Waals surface area contributed by atoms with E-state index in [0.717, 1.165) is 37.0 Å². The zero-order chi connectivity index (χ0) is 22.1. The van der Waals surface area contributed by atoms with Gasteiger partial charge in [-0.1, -0.05) is 26.2 Å². The number of hydrogen-bond donors (Lipinski definition) is 1. The van der Waals surface area contributed by atoms with E-state index in [-0.39, 0.29) is 17.4 Å². The molecule has 0 saturated heterocycles. The molecule has 1 heterocycles. The summed E-state index contributed by atoms with van der Waals surface area (Å²) in [6, 6.07) is 1.51. The summed E-state index contributed by atoms with van der Waals surface area (Å²) in [4.78, 5) is 0. The van der Waals surface area contributed by atoms with Crippen molar-refractivity contribution in [2.24, 2.45) is 23.7 Å². The van der Waals surface area contributed by atoms with Crippen molar-refractivity contribution in [1.29, 1.82) is 0 Å². The Morgan fingerprint density at radius 2 is 1.55 bits per heavy atom. The Morgan fingerprint density at radius 1 is 0.968 bits per heavy atom. The van der Waals surface area contributed by atoms with E-state index in [9.17, 15) is 18.3 Å². The zero-order valence-corrected chi connectivity index (χ0v) is 18.9. The lowest BCUT2D eigenvalue weighted by Gasteiger charge is -2.41. The van der Waals surface area contributed by atoms with Gasteiger partial charge in [-0.25, -0.2) is 13.2 Å². The second-order valence-corrected chi connectivity index (χ2v) is 10.2. The Balaban J connectivity index is 1.41. The number of aryl methyl sites for hydroxylation is 1. The van der Waals surface area contributed by atoms with Crippen LogP contribution in [0.25, 0.3) is 0 Å². The highest BCUT2D eigenvalue weighted by molar-refractivity contribution is 5.48. The molecule has 4 rings (SSSR count). The van der Waals surface area contributed by atoms with Crippen LogP contribution < -0.4 is 4.74 Å². The smallest absolute Gasteiger partial charge is 0.270 e. The minimum absolute atomic E-state index is 0.0353. The summed E-state index contributed by atoms with van der Waals surface area (Å²) in [5.74, 6) is 1.95. The van der Waals surface area contributed by atoms with E-state index in [1.54, 1.807) is 0 Å². The normalized spacial score (nSPS) is 32.4. The van der Waals surface area contributed by atoms with Crippen LogP contribution in [0.3, 0.4) is 0 Å². The summed E-state index contributed by atoms with van der Waals surface area (Å²) < 4.78 is 48.3. The van der Waals surface area contributed by atoms with Crippen molar-refractivity contribution >= 4 is 0 Å². The van der Waals surface area contributed by atoms with Crippen LogP contribution in [0, 0.1) is 29.5 Å². The average Bonchev–Trinajstić information content (AvgIpc) is 2.78. The standard InChI is InChI=1S/C26H37F3O2/c1-3-16-4-6-17(7-5-16)18-8-10-19(11-9-18)22-13-12-20-14-21(15(2)30)24(27)23(26(28)29)25(20)31-22/h14-19,22,26,30H,3-13H2,1-2H3. The van der Waals surface area contributed by atoms with Gasteiger partial charge >= 0.3 is 0 Å². The number of alkyl halides is 2. The third-order valence-electron chi connectivity index (χ3n) is 8.47. The summed E-state index contributed by atoms with van der Waals surface area (Å²) in [5, 5.41) is 9.80. The maximum atomic E-state index is 14.7. The molecule has 0 amide bonds. The molecule has 0 bridgehead atoms. The molecule has 1 aliphatic heterocycles. The van der Waals surface area contributed by atoms with Crippen LogP contribution in [0.4, 0.5) is 13.2 Å². The molecule has 2 atom stereocenters. The van der Waals surface area contributed by atoms with Crippen molar-refractivity contribution in [3.8, 4) is 5.75 Å². The fourth-order valence-electron chi connectivity index (χ4n) is 6.46. The van der Waals surface area contributed by atoms with Crippen molar-refractivity contribution in [2.75, 3.05) is 0 Å². The Labute approximate surface area is 184 Å². The second-order valence-electron chi connectivity index (χ2n) is 10.2. The van der Waals surface area contributed by atoms with Gasteiger partial charge in [0.1, 0.15) is 17.7 Å². The van der Waals surface area contributed by atoms with E-state index in [2.05, 4.69) is 6.92 Å².